The van der Waals surface area contributed by atoms with Crippen LogP contribution in [0.2, 0.25) is 0 Å². The molecule has 0 aliphatic heterocycles. The molecule has 0 fully saturated rings. The minimum atomic E-state index is 0.162. The molecule has 0 aromatic carbocycles. The van der Waals surface area contributed by atoms with Crippen LogP contribution >= 0.6 is 12.2 Å². The van der Waals surface area contributed by atoms with E-state index in [1.165, 1.54) is 0 Å². The van der Waals surface area contributed by atoms with E-state index in [1.54, 1.807) is 6.20 Å². The Labute approximate surface area is 88.2 Å². The number of nitrogens with two attached hydrogens (primary N) is 1. The number of hydrogen-bond donors (Lipinski definition) is 2. The van der Waals surface area contributed by atoms with Gasteiger partial charge in [-0.3, -0.25) is 10.4 Å². The topological polar surface area (TPSA) is 63.3 Å². The Bertz CT molecular complexity index is 373. The van der Waals surface area contributed by atoms with Crippen molar-refractivity contribution >= 4 is 23.0 Å². The van der Waals surface area contributed by atoms with Crippen LogP contribution < -0.4 is 11.2 Å². The van der Waals surface area contributed by atoms with Gasteiger partial charge in [-0.05, 0) is 38.2 Å². The molecule has 0 atom stereocenters. The van der Waals surface area contributed by atoms with Crippen molar-refractivity contribution in [1.82, 2.24) is 10.4 Å². The van der Waals surface area contributed by atoms with Gasteiger partial charge in [-0.15, -0.1) is 0 Å². The molecule has 0 amide bonds. The molecule has 1 rings (SSSR count). The molecular formula is C9H12N4S. The van der Waals surface area contributed by atoms with E-state index >= 15 is 0 Å². The number of nitrogens with one attached hydrogen (secondary N) is 1. The predicted molar refractivity (Wildman–Crippen MR) is 61.1 cm³/mol. The number of hydrogen-bond acceptors (Lipinski definition) is 3. The number of aromatic nitrogens is 1. The van der Waals surface area contributed by atoms with Gasteiger partial charge < -0.3 is 5.73 Å². The number of nitrogens with zero attached hydrogens (tertiary/aromatic N) is 2. The van der Waals surface area contributed by atoms with Crippen molar-refractivity contribution in [1.29, 1.82) is 0 Å². The van der Waals surface area contributed by atoms with Crippen LogP contribution in [0, 0.1) is 6.92 Å². The summed E-state index contributed by atoms with van der Waals surface area (Å²) in [6.07, 6.45) is 1.74. The second-order valence-electron chi connectivity index (χ2n) is 2.86. The molecule has 0 saturated carbocycles. The smallest absolute Gasteiger partial charge is 0.184 e. The van der Waals surface area contributed by atoms with Gasteiger partial charge in [-0.2, -0.15) is 5.10 Å². The first-order valence-corrected chi connectivity index (χ1v) is 4.53. The van der Waals surface area contributed by atoms with Gasteiger partial charge in [0.2, 0.25) is 0 Å². The average molecular weight is 208 g/mol. The second kappa shape index (κ2) is 4.66. The van der Waals surface area contributed by atoms with Crippen molar-refractivity contribution < 1.29 is 0 Å². The summed E-state index contributed by atoms with van der Waals surface area (Å²) in [5, 5.41) is 4.17. The summed E-state index contributed by atoms with van der Waals surface area (Å²) in [5.74, 6) is 0. The van der Waals surface area contributed by atoms with Gasteiger partial charge in [0.25, 0.3) is 0 Å². The van der Waals surface area contributed by atoms with Crippen LogP contribution in [0.3, 0.4) is 0 Å². The zero-order valence-corrected chi connectivity index (χ0v) is 8.93. The summed E-state index contributed by atoms with van der Waals surface area (Å²) >= 11 is 4.64. The molecule has 0 radical (unpaired) electrons. The van der Waals surface area contributed by atoms with Crippen LogP contribution in [0.1, 0.15) is 18.2 Å². The molecule has 74 valence electrons. The highest BCUT2D eigenvalue weighted by molar-refractivity contribution is 7.80. The Morgan fingerprint density at radius 2 is 2.36 bits per heavy atom. The first kappa shape index (κ1) is 10.6. The fourth-order valence-electron chi connectivity index (χ4n) is 0.974. The molecule has 0 unspecified atom stereocenters. The number of thiocarbonyl (C=S) groups is 1. The average Bonchev–Trinajstić information content (AvgIpc) is 2.14. The van der Waals surface area contributed by atoms with Crippen LogP contribution in [-0.4, -0.2) is 15.8 Å². The molecule has 14 heavy (non-hydrogen) atoms. The van der Waals surface area contributed by atoms with E-state index in [4.69, 9.17) is 5.73 Å². The molecule has 1 aromatic heterocycles. The Kier molecular flexibility index (Phi) is 3.53. The maximum Gasteiger partial charge on any atom is 0.184 e. The minimum Gasteiger partial charge on any atom is -0.375 e. The highest BCUT2D eigenvalue weighted by Crippen LogP contribution is 2.01. The van der Waals surface area contributed by atoms with Crippen molar-refractivity contribution in [2.45, 2.75) is 13.8 Å². The van der Waals surface area contributed by atoms with E-state index in [0.717, 1.165) is 17.0 Å². The monoisotopic (exact) mass is 208 g/mol. The summed E-state index contributed by atoms with van der Waals surface area (Å²) < 4.78 is 0. The van der Waals surface area contributed by atoms with Gasteiger partial charge in [-0.25, -0.2) is 0 Å². The Hall–Kier alpha value is -1.49. The molecule has 0 saturated heterocycles. The third kappa shape index (κ3) is 3.10. The van der Waals surface area contributed by atoms with Gasteiger partial charge >= 0.3 is 0 Å². The van der Waals surface area contributed by atoms with Crippen molar-refractivity contribution in [3.05, 3.63) is 29.6 Å². The molecule has 0 spiro atoms. The van der Waals surface area contributed by atoms with E-state index in [9.17, 15) is 0 Å². The van der Waals surface area contributed by atoms with Crippen molar-refractivity contribution in [3.8, 4) is 0 Å². The standard InChI is InChI=1S/C9H12N4S/c1-6-5-8(3-4-11-6)7(2)12-13-9(10)14/h3-5H,1-2H3,(H3,10,13,14)/b12-7-. The maximum atomic E-state index is 5.25. The Balaban J connectivity index is 2.83. The van der Waals surface area contributed by atoms with Crippen molar-refractivity contribution in [2.24, 2.45) is 10.8 Å². The number of rotatable bonds is 2. The highest BCUT2D eigenvalue weighted by atomic mass is 32.1. The van der Waals surface area contributed by atoms with Gasteiger partial charge in [0.05, 0.1) is 5.71 Å². The van der Waals surface area contributed by atoms with E-state index in [-0.39, 0.29) is 5.11 Å². The summed E-state index contributed by atoms with van der Waals surface area (Å²) in [7, 11) is 0. The zero-order chi connectivity index (χ0) is 10.6. The summed E-state index contributed by atoms with van der Waals surface area (Å²) in [6.45, 7) is 3.80. The van der Waals surface area contributed by atoms with Crippen LogP contribution in [0.4, 0.5) is 0 Å². The molecule has 1 aromatic rings. The first-order chi connectivity index (χ1) is 6.59. The molecule has 0 bridgehead atoms. The van der Waals surface area contributed by atoms with E-state index < -0.39 is 0 Å². The number of pyridine rings is 1. The SMILES string of the molecule is C/C(=N/NC(N)=S)c1ccnc(C)c1. The zero-order valence-electron chi connectivity index (χ0n) is 8.11. The van der Waals surface area contributed by atoms with E-state index in [2.05, 4.69) is 27.7 Å². The molecule has 3 N–H and O–H groups in total. The number of hydrazone groups is 1. The van der Waals surface area contributed by atoms with E-state index in [0.29, 0.717) is 0 Å². The third-order valence-electron chi connectivity index (χ3n) is 1.65. The fourth-order valence-corrected chi connectivity index (χ4v) is 1.02. The lowest BCUT2D eigenvalue weighted by atomic mass is 10.1. The Morgan fingerprint density at radius 1 is 1.64 bits per heavy atom. The van der Waals surface area contributed by atoms with Crippen LogP contribution in [0.25, 0.3) is 0 Å². The number of aryl methyl sites for hydroxylation is 1. The van der Waals surface area contributed by atoms with E-state index in [1.807, 2.05) is 26.0 Å². The molecule has 5 heteroatoms. The van der Waals surface area contributed by atoms with Gasteiger partial charge in [0, 0.05) is 17.5 Å². The molecule has 0 aliphatic carbocycles. The van der Waals surface area contributed by atoms with Gasteiger partial charge in [-0.1, -0.05) is 0 Å². The lowest BCUT2D eigenvalue weighted by molar-refractivity contribution is 1.03. The molecular weight excluding hydrogens is 196 g/mol. The summed E-state index contributed by atoms with van der Waals surface area (Å²) in [5.41, 5.74) is 10.6. The summed E-state index contributed by atoms with van der Waals surface area (Å²) in [4.78, 5) is 4.09. The normalized spacial score (nSPS) is 11.1. The lowest BCUT2D eigenvalue weighted by Gasteiger charge is -2.02. The largest absolute Gasteiger partial charge is 0.375 e. The predicted octanol–water partition coefficient (Wildman–Crippen LogP) is 0.947. The third-order valence-corrected chi connectivity index (χ3v) is 1.74. The molecule has 0 aliphatic rings. The summed E-state index contributed by atoms with van der Waals surface area (Å²) in [6, 6.07) is 3.83. The molecule has 1 heterocycles. The quantitative estimate of drug-likeness (QED) is 0.431. The van der Waals surface area contributed by atoms with Gasteiger partial charge in [0.1, 0.15) is 0 Å². The second-order valence-corrected chi connectivity index (χ2v) is 3.30. The van der Waals surface area contributed by atoms with Crippen molar-refractivity contribution in [3.63, 3.8) is 0 Å². The highest BCUT2D eigenvalue weighted by Gasteiger charge is 1.97. The van der Waals surface area contributed by atoms with Crippen LogP contribution in [0.5, 0.6) is 0 Å². The van der Waals surface area contributed by atoms with Crippen LogP contribution in [0.15, 0.2) is 23.4 Å². The van der Waals surface area contributed by atoms with Crippen LogP contribution in [-0.2, 0) is 0 Å². The minimum absolute atomic E-state index is 0.162. The first-order valence-electron chi connectivity index (χ1n) is 4.12. The fraction of sp³-hybridized carbons (Fsp3) is 0.222. The lowest BCUT2D eigenvalue weighted by Crippen LogP contribution is -2.25. The van der Waals surface area contributed by atoms with Crippen molar-refractivity contribution in [2.75, 3.05) is 0 Å². The van der Waals surface area contributed by atoms with Gasteiger partial charge in [0.15, 0.2) is 5.11 Å². The Morgan fingerprint density at radius 3 is 2.93 bits per heavy atom. The molecule has 4 nitrogen and oxygen atoms in total. The maximum absolute atomic E-state index is 5.25.